The highest BCUT2D eigenvalue weighted by molar-refractivity contribution is 6.31. The Morgan fingerprint density at radius 3 is 2.65 bits per heavy atom. The summed E-state index contributed by atoms with van der Waals surface area (Å²) in [6, 6.07) is 8.75. The summed E-state index contributed by atoms with van der Waals surface area (Å²) >= 11 is 6.40. The van der Waals surface area contributed by atoms with Gasteiger partial charge in [0.1, 0.15) is 0 Å². The summed E-state index contributed by atoms with van der Waals surface area (Å²) in [5.74, 6) is 0. The number of benzene rings is 1. The second-order valence-electron chi connectivity index (χ2n) is 5.20. The van der Waals surface area contributed by atoms with Crippen LogP contribution in [-0.2, 0) is 0 Å². The molecule has 1 aromatic rings. The molecular weight excluding hydrogens is 270 g/mol. The van der Waals surface area contributed by atoms with Crippen LogP contribution >= 0.6 is 11.6 Å². The van der Waals surface area contributed by atoms with Crippen molar-refractivity contribution in [1.29, 1.82) is 5.26 Å². The van der Waals surface area contributed by atoms with Crippen LogP contribution in [0, 0.1) is 11.3 Å². The Balaban J connectivity index is 2.85. The molecule has 1 N–H and O–H groups in total. The van der Waals surface area contributed by atoms with Crippen LogP contribution in [-0.4, -0.2) is 19.6 Å². The zero-order chi connectivity index (χ0) is 15.1. The Labute approximate surface area is 127 Å². The van der Waals surface area contributed by atoms with E-state index in [9.17, 15) is 0 Å². The highest BCUT2D eigenvalue weighted by Crippen LogP contribution is 2.28. The second kappa shape index (κ2) is 8.14. The standard InChI is InChI=1S/C16H24ClN3/c1-5-10-19-13(3)15-7-6-14(11-16(15)17)20(4)12(2)8-9-18/h6-7,11-13,19H,5,8,10H2,1-4H3. The normalized spacial score (nSPS) is 13.6. The minimum Gasteiger partial charge on any atom is -0.371 e. The lowest BCUT2D eigenvalue weighted by Gasteiger charge is -2.26. The molecule has 4 heteroatoms. The van der Waals surface area contributed by atoms with Crippen molar-refractivity contribution in [2.45, 2.75) is 45.7 Å². The minimum absolute atomic E-state index is 0.178. The van der Waals surface area contributed by atoms with E-state index < -0.39 is 0 Å². The molecule has 0 spiro atoms. The van der Waals surface area contributed by atoms with Crippen molar-refractivity contribution >= 4 is 17.3 Å². The van der Waals surface area contributed by atoms with E-state index in [0.717, 1.165) is 29.2 Å². The van der Waals surface area contributed by atoms with Crippen LogP contribution in [0.1, 0.15) is 45.2 Å². The number of rotatable bonds is 7. The lowest BCUT2D eigenvalue weighted by Crippen LogP contribution is -2.28. The van der Waals surface area contributed by atoms with E-state index in [0.29, 0.717) is 6.42 Å². The molecule has 20 heavy (non-hydrogen) atoms. The van der Waals surface area contributed by atoms with Crippen molar-refractivity contribution in [1.82, 2.24) is 5.32 Å². The van der Waals surface area contributed by atoms with Crippen LogP contribution in [0.5, 0.6) is 0 Å². The van der Waals surface area contributed by atoms with Crippen LogP contribution in [0.4, 0.5) is 5.69 Å². The van der Waals surface area contributed by atoms with Gasteiger partial charge in [0.15, 0.2) is 0 Å². The van der Waals surface area contributed by atoms with Gasteiger partial charge in [-0.1, -0.05) is 24.6 Å². The Morgan fingerprint density at radius 1 is 1.40 bits per heavy atom. The molecule has 0 bridgehead atoms. The van der Waals surface area contributed by atoms with Gasteiger partial charge >= 0.3 is 0 Å². The summed E-state index contributed by atoms with van der Waals surface area (Å²) in [6.07, 6.45) is 1.61. The van der Waals surface area contributed by atoms with Gasteiger partial charge in [0, 0.05) is 29.8 Å². The summed E-state index contributed by atoms with van der Waals surface area (Å²) in [5.41, 5.74) is 2.16. The molecule has 0 aliphatic heterocycles. The van der Waals surface area contributed by atoms with Crippen molar-refractivity contribution in [3.8, 4) is 6.07 Å². The van der Waals surface area contributed by atoms with Gasteiger partial charge in [0.25, 0.3) is 0 Å². The average molecular weight is 294 g/mol. The summed E-state index contributed by atoms with van der Waals surface area (Å²) in [5, 5.41) is 13.0. The molecule has 0 aliphatic carbocycles. The molecule has 0 aliphatic rings. The fraction of sp³-hybridized carbons (Fsp3) is 0.562. The van der Waals surface area contributed by atoms with E-state index in [4.69, 9.17) is 16.9 Å². The minimum atomic E-state index is 0.178. The van der Waals surface area contributed by atoms with Crippen molar-refractivity contribution in [2.75, 3.05) is 18.5 Å². The molecular formula is C16H24ClN3. The van der Waals surface area contributed by atoms with E-state index in [1.807, 2.05) is 20.0 Å². The Kier molecular flexibility index (Phi) is 6.84. The topological polar surface area (TPSA) is 39.1 Å². The fourth-order valence-corrected chi connectivity index (χ4v) is 2.42. The van der Waals surface area contributed by atoms with Crippen LogP contribution in [0.25, 0.3) is 0 Å². The molecule has 3 nitrogen and oxygen atoms in total. The lowest BCUT2D eigenvalue weighted by atomic mass is 10.1. The maximum Gasteiger partial charge on any atom is 0.0643 e. The van der Waals surface area contributed by atoms with Gasteiger partial charge in [-0.25, -0.2) is 0 Å². The molecule has 110 valence electrons. The molecule has 0 saturated heterocycles. The highest BCUT2D eigenvalue weighted by atomic mass is 35.5. The summed E-state index contributed by atoms with van der Waals surface area (Å²) < 4.78 is 0. The van der Waals surface area contributed by atoms with Gasteiger partial charge in [-0.2, -0.15) is 5.26 Å². The van der Waals surface area contributed by atoms with E-state index in [1.165, 1.54) is 0 Å². The molecule has 1 rings (SSSR count). The predicted molar refractivity (Wildman–Crippen MR) is 86.3 cm³/mol. The molecule has 0 fully saturated rings. The second-order valence-corrected chi connectivity index (χ2v) is 5.61. The molecule has 2 atom stereocenters. The molecule has 2 unspecified atom stereocenters. The SMILES string of the molecule is CCCNC(C)c1ccc(N(C)C(C)CC#N)cc1Cl. The number of hydrogen-bond donors (Lipinski definition) is 1. The number of anilines is 1. The van der Waals surface area contributed by atoms with Gasteiger partial charge in [0.2, 0.25) is 0 Å². The Hall–Kier alpha value is -1.24. The highest BCUT2D eigenvalue weighted by Gasteiger charge is 2.13. The first-order valence-corrected chi connectivity index (χ1v) is 7.51. The molecule has 0 aromatic heterocycles. The monoisotopic (exact) mass is 293 g/mol. The number of nitrogens with zero attached hydrogens (tertiary/aromatic N) is 2. The van der Waals surface area contributed by atoms with E-state index >= 15 is 0 Å². The predicted octanol–water partition coefficient (Wildman–Crippen LogP) is 4.14. The van der Waals surface area contributed by atoms with Crippen LogP contribution in [0.3, 0.4) is 0 Å². The van der Waals surface area contributed by atoms with Crippen molar-refractivity contribution in [3.05, 3.63) is 28.8 Å². The summed E-state index contributed by atoms with van der Waals surface area (Å²) in [7, 11) is 1.99. The van der Waals surface area contributed by atoms with E-state index in [2.05, 4.69) is 42.3 Å². The molecule has 0 amide bonds. The van der Waals surface area contributed by atoms with Crippen molar-refractivity contribution < 1.29 is 0 Å². The number of halogens is 1. The number of nitriles is 1. The smallest absolute Gasteiger partial charge is 0.0643 e. The first-order valence-electron chi connectivity index (χ1n) is 7.13. The largest absolute Gasteiger partial charge is 0.371 e. The van der Waals surface area contributed by atoms with Crippen LogP contribution in [0.15, 0.2) is 18.2 Å². The first kappa shape index (κ1) is 16.8. The molecule has 0 saturated carbocycles. The van der Waals surface area contributed by atoms with Gasteiger partial charge < -0.3 is 10.2 Å². The average Bonchev–Trinajstić information content (AvgIpc) is 2.44. The maximum absolute atomic E-state index is 8.78. The van der Waals surface area contributed by atoms with Gasteiger partial charge in [0.05, 0.1) is 12.5 Å². The summed E-state index contributed by atoms with van der Waals surface area (Å²) in [4.78, 5) is 2.09. The zero-order valence-electron chi connectivity index (χ0n) is 12.8. The molecule has 0 heterocycles. The van der Waals surface area contributed by atoms with Gasteiger partial charge in [-0.05, 0) is 44.5 Å². The maximum atomic E-state index is 8.78. The third kappa shape index (κ3) is 4.40. The Morgan fingerprint density at radius 2 is 2.10 bits per heavy atom. The van der Waals surface area contributed by atoms with Gasteiger partial charge in [-0.15, -0.1) is 0 Å². The number of nitrogens with one attached hydrogen (secondary N) is 1. The van der Waals surface area contributed by atoms with E-state index in [1.54, 1.807) is 0 Å². The van der Waals surface area contributed by atoms with Crippen molar-refractivity contribution in [3.63, 3.8) is 0 Å². The molecule has 1 aromatic carbocycles. The molecule has 0 radical (unpaired) electrons. The van der Waals surface area contributed by atoms with Gasteiger partial charge in [-0.3, -0.25) is 0 Å². The third-order valence-corrected chi connectivity index (χ3v) is 3.93. The van der Waals surface area contributed by atoms with Crippen molar-refractivity contribution in [2.24, 2.45) is 0 Å². The third-order valence-electron chi connectivity index (χ3n) is 3.61. The number of hydrogen-bond acceptors (Lipinski definition) is 3. The van der Waals surface area contributed by atoms with Crippen LogP contribution < -0.4 is 10.2 Å². The van der Waals surface area contributed by atoms with Crippen LogP contribution in [0.2, 0.25) is 5.02 Å². The fourth-order valence-electron chi connectivity index (χ4n) is 2.08. The van der Waals surface area contributed by atoms with E-state index in [-0.39, 0.29) is 12.1 Å². The Bertz CT molecular complexity index is 467. The summed E-state index contributed by atoms with van der Waals surface area (Å²) in [6.45, 7) is 7.29. The lowest BCUT2D eigenvalue weighted by molar-refractivity contribution is 0.571. The quantitative estimate of drug-likeness (QED) is 0.821. The zero-order valence-corrected chi connectivity index (χ0v) is 13.5. The first-order chi connectivity index (χ1) is 9.51.